The summed E-state index contributed by atoms with van der Waals surface area (Å²) in [6.07, 6.45) is 0.921. The Bertz CT molecular complexity index is 424. The fourth-order valence-corrected chi connectivity index (χ4v) is 3.43. The topological polar surface area (TPSA) is 44.4 Å². The van der Waals surface area contributed by atoms with Gasteiger partial charge in [-0.2, -0.15) is 0 Å². The van der Waals surface area contributed by atoms with Gasteiger partial charge in [-0.25, -0.2) is 0 Å². The molecule has 1 saturated heterocycles. The second-order valence-corrected chi connectivity index (χ2v) is 6.73. The van der Waals surface area contributed by atoms with Gasteiger partial charge in [-0.1, -0.05) is 13.0 Å². The van der Waals surface area contributed by atoms with Crippen molar-refractivity contribution < 1.29 is 4.79 Å². The number of amides is 1. The summed E-state index contributed by atoms with van der Waals surface area (Å²) in [4.78, 5) is 16.2. The molecule has 5 heteroatoms. The molecule has 2 heterocycles. The number of hydrogen-bond donors (Lipinski definition) is 2. The van der Waals surface area contributed by atoms with Gasteiger partial charge in [0.05, 0.1) is 11.6 Å². The molecule has 2 N–H and O–H groups in total. The van der Waals surface area contributed by atoms with Gasteiger partial charge in [0.25, 0.3) is 0 Å². The van der Waals surface area contributed by atoms with Gasteiger partial charge in [-0.3, -0.25) is 9.69 Å². The molecule has 1 atom stereocenters. The minimum Gasteiger partial charge on any atom is -0.347 e. The smallest absolute Gasteiger partial charge is 0.240 e. The zero-order valence-electron chi connectivity index (χ0n) is 12.6. The van der Waals surface area contributed by atoms with Crippen LogP contribution in [0.1, 0.15) is 38.1 Å². The van der Waals surface area contributed by atoms with E-state index in [2.05, 4.69) is 33.9 Å². The second-order valence-electron chi connectivity index (χ2n) is 5.75. The Hall–Kier alpha value is -0.910. The molecule has 2 rings (SSSR count). The van der Waals surface area contributed by atoms with Crippen LogP contribution in [0.5, 0.6) is 0 Å². The van der Waals surface area contributed by atoms with Crippen LogP contribution in [-0.4, -0.2) is 42.5 Å². The third-order valence-corrected chi connectivity index (χ3v) is 5.05. The Kier molecular flexibility index (Phi) is 5.18. The number of nitrogens with zero attached hydrogens (tertiary/aromatic N) is 1. The van der Waals surface area contributed by atoms with Crippen LogP contribution < -0.4 is 10.6 Å². The number of carbonyl (C=O) groups is 1. The van der Waals surface area contributed by atoms with Crippen molar-refractivity contribution in [2.75, 3.05) is 26.2 Å². The van der Waals surface area contributed by atoms with E-state index in [4.69, 9.17) is 0 Å². The van der Waals surface area contributed by atoms with Crippen LogP contribution in [0.15, 0.2) is 17.5 Å². The van der Waals surface area contributed by atoms with E-state index in [0.29, 0.717) is 0 Å². The molecular formula is C15H25N3OS. The van der Waals surface area contributed by atoms with Crippen molar-refractivity contribution in [3.05, 3.63) is 22.4 Å². The first-order valence-corrected chi connectivity index (χ1v) is 8.23. The zero-order chi connectivity index (χ0) is 14.6. The average molecular weight is 295 g/mol. The lowest BCUT2D eigenvalue weighted by molar-refractivity contribution is -0.133. The molecule has 1 aromatic heterocycles. The monoisotopic (exact) mass is 295 g/mol. The van der Waals surface area contributed by atoms with Crippen LogP contribution in [0, 0.1) is 0 Å². The summed E-state index contributed by atoms with van der Waals surface area (Å²) < 4.78 is 0. The number of carbonyl (C=O) groups excluding carboxylic acids is 1. The van der Waals surface area contributed by atoms with E-state index in [1.165, 1.54) is 4.88 Å². The molecule has 20 heavy (non-hydrogen) atoms. The maximum absolute atomic E-state index is 12.7. The first kappa shape index (κ1) is 15.5. The van der Waals surface area contributed by atoms with Crippen LogP contribution in [-0.2, 0) is 4.79 Å². The number of nitrogens with one attached hydrogen (secondary N) is 2. The average Bonchev–Trinajstić information content (AvgIpc) is 2.99. The van der Waals surface area contributed by atoms with Crippen molar-refractivity contribution in [2.24, 2.45) is 0 Å². The van der Waals surface area contributed by atoms with Gasteiger partial charge in [0.15, 0.2) is 0 Å². The van der Waals surface area contributed by atoms with Crippen molar-refractivity contribution in [3.8, 4) is 0 Å². The summed E-state index contributed by atoms with van der Waals surface area (Å²) in [5.41, 5.74) is -0.452. The highest BCUT2D eigenvalue weighted by atomic mass is 32.1. The van der Waals surface area contributed by atoms with Gasteiger partial charge in [-0.15, -0.1) is 11.3 Å². The van der Waals surface area contributed by atoms with E-state index in [9.17, 15) is 4.79 Å². The molecule has 0 bridgehead atoms. The molecule has 112 valence electrons. The SMILES string of the molecule is CCC(NC(=O)C(C)(C)N1CCNCC1)c1cccs1. The Balaban J connectivity index is 2.02. The summed E-state index contributed by atoms with van der Waals surface area (Å²) in [6, 6.07) is 4.26. The number of rotatable bonds is 5. The predicted molar refractivity (Wildman–Crippen MR) is 84.0 cm³/mol. The maximum Gasteiger partial charge on any atom is 0.240 e. The van der Waals surface area contributed by atoms with E-state index in [0.717, 1.165) is 32.6 Å². The van der Waals surface area contributed by atoms with E-state index in [1.807, 2.05) is 19.9 Å². The molecule has 1 amide bonds. The third kappa shape index (κ3) is 3.40. The van der Waals surface area contributed by atoms with Crippen molar-refractivity contribution in [1.82, 2.24) is 15.5 Å². The molecule has 0 aliphatic carbocycles. The lowest BCUT2D eigenvalue weighted by atomic mass is 9.99. The van der Waals surface area contributed by atoms with Gasteiger partial charge in [-0.05, 0) is 31.7 Å². The van der Waals surface area contributed by atoms with Crippen LogP contribution in [0.4, 0.5) is 0 Å². The normalized spacial score (nSPS) is 18.8. The Morgan fingerprint density at radius 2 is 2.20 bits per heavy atom. The van der Waals surface area contributed by atoms with Gasteiger partial charge in [0.1, 0.15) is 0 Å². The molecule has 0 saturated carbocycles. The maximum atomic E-state index is 12.7. The highest BCUT2D eigenvalue weighted by Crippen LogP contribution is 2.24. The van der Waals surface area contributed by atoms with Crippen LogP contribution in [0.2, 0.25) is 0 Å². The highest BCUT2D eigenvalue weighted by molar-refractivity contribution is 7.10. The Labute approximate surface area is 125 Å². The van der Waals surface area contributed by atoms with Crippen molar-refractivity contribution >= 4 is 17.2 Å². The molecule has 1 aliphatic heterocycles. The molecule has 1 aliphatic rings. The first-order valence-electron chi connectivity index (χ1n) is 7.36. The highest BCUT2D eigenvalue weighted by Gasteiger charge is 2.36. The molecule has 0 spiro atoms. The standard InChI is InChI=1S/C15H25N3OS/c1-4-12(13-6-5-11-20-13)17-14(19)15(2,3)18-9-7-16-8-10-18/h5-6,11-12,16H,4,7-10H2,1-3H3,(H,17,19). The summed E-state index contributed by atoms with van der Waals surface area (Å²) in [6.45, 7) is 9.93. The lowest BCUT2D eigenvalue weighted by Gasteiger charge is -2.40. The van der Waals surface area contributed by atoms with Gasteiger partial charge in [0.2, 0.25) is 5.91 Å². The number of piperazine rings is 1. The quantitative estimate of drug-likeness (QED) is 0.873. The molecule has 1 unspecified atom stereocenters. The van der Waals surface area contributed by atoms with E-state index in [-0.39, 0.29) is 11.9 Å². The molecule has 1 aromatic rings. The van der Waals surface area contributed by atoms with Crippen LogP contribution >= 0.6 is 11.3 Å². The summed E-state index contributed by atoms with van der Waals surface area (Å²) in [7, 11) is 0. The van der Waals surface area contributed by atoms with Gasteiger partial charge in [0, 0.05) is 31.1 Å². The van der Waals surface area contributed by atoms with E-state index < -0.39 is 5.54 Å². The molecule has 4 nitrogen and oxygen atoms in total. The summed E-state index contributed by atoms with van der Waals surface area (Å²) >= 11 is 1.71. The largest absolute Gasteiger partial charge is 0.347 e. The third-order valence-electron chi connectivity index (χ3n) is 4.06. The fraction of sp³-hybridized carbons (Fsp3) is 0.667. The second kappa shape index (κ2) is 6.70. The lowest BCUT2D eigenvalue weighted by Crippen LogP contribution is -2.60. The number of hydrogen-bond acceptors (Lipinski definition) is 4. The van der Waals surface area contributed by atoms with Crippen LogP contribution in [0.3, 0.4) is 0 Å². The number of thiophene rings is 1. The fourth-order valence-electron chi connectivity index (χ4n) is 2.57. The molecule has 1 fully saturated rings. The summed E-state index contributed by atoms with van der Waals surface area (Å²) in [5, 5.41) is 8.61. The minimum atomic E-state index is -0.452. The molecule has 0 aromatic carbocycles. The minimum absolute atomic E-state index is 0.125. The summed E-state index contributed by atoms with van der Waals surface area (Å²) in [5.74, 6) is 0.125. The van der Waals surface area contributed by atoms with Crippen molar-refractivity contribution in [2.45, 2.75) is 38.8 Å². The van der Waals surface area contributed by atoms with Gasteiger partial charge >= 0.3 is 0 Å². The Morgan fingerprint density at radius 3 is 2.75 bits per heavy atom. The first-order chi connectivity index (χ1) is 9.55. The van der Waals surface area contributed by atoms with Crippen molar-refractivity contribution in [3.63, 3.8) is 0 Å². The zero-order valence-corrected chi connectivity index (χ0v) is 13.4. The van der Waals surface area contributed by atoms with Gasteiger partial charge < -0.3 is 10.6 Å². The molecule has 0 radical (unpaired) electrons. The predicted octanol–water partition coefficient (Wildman–Crippen LogP) is 2.00. The van der Waals surface area contributed by atoms with E-state index >= 15 is 0 Å². The van der Waals surface area contributed by atoms with Crippen LogP contribution in [0.25, 0.3) is 0 Å². The van der Waals surface area contributed by atoms with E-state index in [1.54, 1.807) is 11.3 Å². The van der Waals surface area contributed by atoms with Crippen molar-refractivity contribution in [1.29, 1.82) is 0 Å². The molecular weight excluding hydrogens is 270 g/mol. The Morgan fingerprint density at radius 1 is 1.50 bits per heavy atom.